The molecule has 0 fully saturated rings. The van der Waals surface area contributed by atoms with Gasteiger partial charge in [0.1, 0.15) is 0 Å². The maximum Gasteiger partial charge on any atom is 0.281 e. The van der Waals surface area contributed by atoms with Gasteiger partial charge in [0.05, 0.1) is 13.7 Å². The Morgan fingerprint density at radius 1 is 1.12 bits per heavy atom. The third-order valence-corrected chi connectivity index (χ3v) is 3.17. The second-order valence-electron chi connectivity index (χ2n) is 5.00. The molecule has 0 aliphatic carbocycles. The third-order valence-electron chi connectivity index (χ3n) is 3.17. The minimum Gasteiger partial charge on any atom is -0.493 e. The molecule has 1 amide bonds. The van der Waals surface area contributed by atoms with Crippen molar-refractivity contribution in [3.05, 3.63) is 65.7 Å². The fourth-order valence-corrected chi connectivity index (χ4v) is 2.05. The van der Waals surface area contributed by atoms with E-state index in [2.05, 4.69) is 5.48 Å². The van der Waals surface area contributed by atoms with Crippen LogP contribution in [0.5, 0.6) is 11.5 Å². The highest BCUT2D eigenvalue weighted by Crippen LogP contribution is 2.28. The van der Waals surface area contributed by atoms with Gasteiger partial charge >= 0.3 is 0 Å². The smallest absolute Gasteiger partial charge is 0.281 e. The first-order valence-corrected chi connectivity index (χ1v) is 7.61. The van der Waals surface area contributed by atoms with Gasteiger partial charge in [0.15, 0.2) is 18.1 Å². The van der Waals surface area contributed by atoms with E-state index < -0.39 is 0 Å². The monoisotopic (exact) mass is 327 g/mol. The van der Waals surface area contributed by atoms with Crippen molar-refractivity contribution in [2.24, 2.45) is 0 Å². The van der Waals surface area contributed by atoms with Crippen molar-refractivity contribution in [3.63, 3.8) is 0 Å². The molecule has 24 heavy (non-hydrogen) atoms. The molecule has 0 atom stereocenters. The molecule has 0 aliphatic heterocycles. The van der Waals surface area contributed by atoms with Crippen molar-refractivity contribution in [1.82, 2.24) is 5.48 Å². The number of carbonyl (C=O) groups excluding carboxylic acids is 1. The van der Waals surface area contributed by atoms with E-state index >= 15 is 0 Å². The van der Waals surface area contributed by atoms with E-state index in [0.29, 0.717) is 18.1 Å². The Kier molecular flexibility index (Phi) is 6.86. The van der Waals surface area contributed by atoms with E-state index in [1.54, 1.807) is 13.2 Å². The number of hydrogen-bond donors (Lipinski definition) is 1. The zero-order valence-corrected chi connectivity index (χ0v) is 13.8. The lowest BCUT2D eigenvalue weighted by atomic mass is 10.2. The number of methoxy groups -OCH3 is 1. The van der Waals surface area contributed by atoms with Gasteiger partial charge in [-0.25, -0.2) is 5.48 Å². The number of hydroxylamine groups is 1. The molecule has 0 saturated heterocycles. The fraction of sp³-hybridized carbons (Fsp3) is 0.211. The van der Waals surface area contributed by atoms with Crippen molar-refractivity contribution in [3.8, 4) is 11.5 Å². The van der Waals surface area contributed by atoms with Crippen LogP contribution in [-0.4, -0.2) is 19.6 Å². The SMILES string of the molecule is CC=Cc1ccc(OCC(=O)NOCc2ccccc2)c(OC)c1. The van der Waals surface area contributed by atoms with Gasteiger partial charge in [-0.2, -0.15) is 0 Å². The molecule has 2 rings (SSSR count). The molecule has 0 unspecified atom stereocenters. The van der Waals surface area contributed by atoms with Crippen LogP contribution in [0.4, 0.5) is 0 Å². The molecule has 0 aromatic heterocycles. The molecule has 1 N–H and O–H groups in total. The van der Waals surface area contributed by atoms with E-state index in [4.69, 9.17) is 14.3 Å². The number of hydrogen-bond acceptors (Lipinski definition) is 4. The maximum absolute atomic E-state index is 11.8. The van der Waals surface area contributed by atoms with E-state index in [1.807, 2.05) is 61.5 Å². The first-order valence-electron chi connectivity index (χ1n) is 7.61. The van der Waals surface area contributed by atoms with Crippen LogP contribution in [0.2, 0.25) is 0 Å². The minimum absolute atomic E-state index is 0.159. The summed E-state index contributed by atoms with van der Waals surface area (Å²) in [5.41, 5.74) is 4.32. The summed E-state index contributed by atoms with van der Waals surface area (Å²) in [5.74, 6) is 0.707. The second-order valence-corrected chi connectivity index (χ2v) is 5.00. The summed E-state index contributed by atoms with van der Waals surface area (Å²) in [7, 11) is 1.56. The largest absolute Gasteiger partial charge is 0.493 e. The molecule has 0 heterocycles. The molecular weight excluding hydrogens is 306 g/mol. The predicted molar refractivity (Wildman–Crippen MR) is 92.6 cm³/mol. The third kappa shape index (κ3) is 5.44. The molecule has 5 heteroatoms. The Labute approximate surface area is 141 Å². The number of allylic oxidation sites excluding steroid dienone is 1. The van der Waals surface area contributed by atoms with Gasteiger partial charge in [0.25, 0.3) is 5.91 Å². The number of nitrogens with one attached hydrogen (secondary N) is 1. The van der Waals surface area contributed by atoms with Gasteiger partial charge in [-0.15, -0.1) is 0 Å². The topological polar surface area (TPSA) is 56.8 Å². The van der Waals surface area contributed by atoms with Gasteiger partial charge in [-0.3, -0.25) is 9.63 Å². The van der Waals surface area contributed by atoms with E-state index in [1.165, 1.54) is 0 Å². The summed E-state index contributed by atoms with van der Waals surface area (Å²) < 4.78 is 10.8. The Hall–Kier alpha value is -2.79. The number of rotatable bonds is 8. The van der Waals surface area contributed by atoms with Crippen molar-refractivity contribution in [2.45, 2.75) is 13.5 Å². The predicted octanol–water partition coefficient (Wildman–Crippen LogP) is 3.36. The summed E-state index contributed by atoms with van der Waals surface area (Å²) in [5, 5.41) is 0. The normalized spacial score (nSPS) is 10.6. The second kappa shape index (κ2) is 9.37. The van der Waals surface area contributed by atoms with Crippen LogP contribution < -0.4 is 15.0 Å². The van der Waals surface area contributed by atoms with Crippen LogP contribution in [-0.2, 0) is 16.2 Å². The van der Waals surface area contributed by atoms with Gasteiger partial charge in [0.2, 0.25) is 0 Å². The maximum atomic E-state index is 11.8. The quantitative estimate of drug-likeness (QED) is 0.756. The van der Waals surface area contributed by atoms with Crippen LogP contribution in [0.15, 0.2) is 54.6 Å². The van der Waals surface area contributed by atoms with Crippen LogP contribution >= 0.6 is 0 Å². The van der Waals surface area contributed by atoms with Crippen LogP contribution in [0.25, 0.3) is 6.08 Å². The van der Waals surface area contributed by atoms with Crippen molar-refractivity contribution >= 4 is 12.0 Å². The fourth-order valence-electron chi connectivity index (χ4n) is 2.05. The average molecular weight is 327 g/mol. The summed E-state index contributed by atoms with van der Waals surface area (Å²) in [6.45, 7) is 2.08. The van der Waals surface area contributed by atoms with Crippen molar-refractivity contribution < 1.29 is 19.1 Å². The van der Waals surface area contributed by atoms with Gasteiger partial charge in [0, 0.05) is 0 Å². The number of carbonyl (C=O) groups is 1. The van der Waals surface area contributed by atoms with Crippen LogP contribution in [0, 0.1) is 0 Å². The first kappa shape index (κ1) is 17.6. The molecule has 0 aliphatic rings. The molecule has 2 aromatic rings. The summed E-state index contributed by atoms with van der Waals surface area (Å²) in [6.07, 6.45) is 3.89. The standard InChI is InChI=1S/C19H21NO4/c1-3-7-15-10-11-17(18(12-15)22-2)23-14-19(21)20-24-13-16-8-5-4-6-9-16/h3-12H,13-14H2,1-2H3,(H,20,21). The minimum atomic E-state index is -0.370. The Bertz CT molecular complexity index is 683. The molecular formula is C19H21NO4. The molecule has 5 nitrogen and oxygen atoms in total. The van der Waals surface area contributed by atoms with E-state index in [0.717, 1.165) is 11.1 Å². The highest BCUT2D eigenvalue weighted by Gasteiger charge is 2.08. The molecule has 126 valence electrons. The van der Waals surface area contributed by atoms with Crippen molar-refractivity contribution in [1.29, 1.82) is 0 Å². The summed E-state index contributed by atoms with van der Waals surface area (Å²) >= 11 is 0. The Morgan fingerprint density at radius 2 is 1.92 bits per heavy atom. The van der Waals surface area contributed by atoms with Crippen LogP contribution in [0.3, 0.4) is 0 Å². The van der Waals surface area contributed by atoms with Gasteiger partial charge in [-0.05, 0) is 30.2 Å². The number of benzene rings is 2. The van der Waals surface area contributed by atoms with E-state index in [-0.39, 0.29) is 12.5 Å². The average Bonchev–Trinajstić information content (AvgIpc) is 2.61. The lowest BCUT2D eigenvalue weighted by Gasteiger charge is -2.11. The number of ether oxygens (including phenoxy) is 2. The molecule has 0 spiro atoms. The lowest BCUT2D eigenvalue weighted by molar-refractivity contribution is -0.136. The molecule has 0 radical (unpaired) electrons. The highest BCUT2D eigenvalue weighted by molar-refractivity contribution is 5.76. The zero-order valence-electron chi connectivity index (χ0n) is 13.8. The number of amides is 1. The lowest BCUT2D eigenvalue weighted by Crippen LogP contribution is -2.29. The van der Waals surface area contributed by atoms with Gasteiger partial charge < -0.3 is 9.47 Å². The molecule has 0 saturated carbocycles. The van der Waals surface area contributed by atoms with Gasteiger partial charge in [-0.1, -0.05) is 48.6 Å². The Morgan fingerprint density at radius 3 is 2.62 bits per heavy atom. The zero-order chi connectivity index (χ0) is 17.2. The summed E-state index contributed by atoms with van der Waals surface area (Å²) in [4.78, 5) is 16.9. The molecule has 0 bridgehead atoms. The summed E-state index contributed by atoms with van der Waals surface area (Å²) in [6, 6.07) is 15.1. The van der Waals surface area contributed by atoms with Crippen LogP contribution in [0.1, 0.15) is 18.1 Å². The van der Waals surface area contributed by atoms with E-state index in [9.17, 15) is 4.79 Å². The highest BCUT2D eigenvalue weighted by atomic mass is 16.7. The molecule has 2 aromatic carbocycles. The Balaban J connectivity index is 1.81. The first-order chi connectivity index (χ1) is 11.7. The van der Waals surface area contributed by atoms with Crippen molar-refractivity contribution in [2.75, 3.05) is 13.7 Å².